The van der Waals surface area contributed by atoms with Crippen LogP contribution in [-0.2, 0) is 4.74 Å². The lowest BCUT2D eigenvalue weighted by atomic mass is 10.2. The van der Waals surface area contributed by atoms with Crippen molar-refractivity contribution in [3.63, 3.8) is 0 Å². The highest BCUT2D eigenvalue weighted by molar-refractivity contribution is 5.95. The third kappa shape index (κ3) is 4.14. The molecule has 0 aromatic carbocycles. The van der Waals surface area contributed by atoms with Crippen LogP contribution in [0.1, 0.15) is 36.3 Å². The van der Waals surface area contributed by atoms with Gasteiger partial charge in [0, 0.05) is 19.3 Å². The predicted molar refractivity (Wildman–Crippen MR) is 84.1 cm³/mol. The highest BCUT2D eigenvalue weighted by Crippen LogP contribution is 2.11. The first-order valence-corrected chi connectivity index (χ1v) is 7.45. The molecule has 0 spiro atoms. The van der Waals surface area contributed by atoms with E-state index < -0.39 is 0 Å². The van der Waals surface area contributed by atoms with Gasteiger partial charge in [0.1, 0.15) is 0 Å². The molecule has 2 aromatic rings. The fourth-order valence-corrected chi connectivity index (χ4v) is 2.03. The van der Waals surface area contributed by atoms with Crippen molar-refractivity contribution in [2.24, 2.45) is 0 Å². The van der Waals surface area contributed by atoms with Crippen molar-refractivity contribution in [2.45, 2.75) is 33.3 Å². The number of pyridine rings is 1. The Morgan fingerprint density at radius 3 is 2.91 bits per heavy atom. The summed E-state index contributed by atoms with van der Waals surface area (Å²) in [4.78, 5) is 16.4. The summed E-state index contributed by atoms with van der Waals surface area (Å²) < 4.78 is 7.10. The van der Waals surface area contributed by atoms with Gasteiger partial charge in [-0.1, -0.05) is 6.07 Å². The summed E-state index contributed by atoms with van der Waals surface area (Å²) in [5.74, 6) is 0.577. The van der Waals surface area contributed by atoms with Gasteiger partial charge in [0.05, 0.1) is 23.6 Å². The van der Waals surface area contributed by atoms with E-state index in [-0.39, 0.29) is 12.0 Å². The molecule has 0 unspecified atom stereocenters. The molecule has 6 heteroatoms. The summed E-state index contributed by atoms with van der Waals surface area (Å²) in [5, 5.41) is 7.13. The lowest BCUT2D eigenvalue weighted by Gasteiger charge is -2.08. The first-order valence-electron chi connectivity index (χ1n) is 7.45. The minimum atomic E-state index is -0.121. The van der Waals surface area contributed by atoms with E-state index in [0.717, 1.165) is 12.1 Å². The Balaban J connectivity index is 1.93. The summed E-state index contributed by atoms with van der Waals surface area (Å²) in [6.07, 6.45) is 4.28. The van der Waals surface area contributed by atoms with Crippen molar-refractivity contribution in [1.82, 2.24) is 20.1 Å². The number of carbonyl (C=O) groups excluding carboxylic acids is 1. The molecule has 1 N–H and O–H groups in total. The molecule has 0 radical (unpaired) electrons. The van der Waals surface area contributed by atoms with Crippen LogP contribution in [0.4, 0.5) is 0 Å². The molecule has 0 bridgehead atoms. The van der Waals surface area contributed by atoms with E-state index in [1.807, 2.05) is 39.0 Å². The summed E-state index contributed by atoms with van der Waals surface area (Å²) in [5.41, 5.74) is 1.34. The average Bonchev–Trinajstić information content (AvgIpc) is 2.89. The molecule has 0 aliphatic carbocycles. The van der Waals surface area contributed by atoms with Gasteiger partial charge in [-0.05, 0) is 39.3 Å². The van der Waals surface area contributed by atoms with Crippen molar-refractivity contribution in [2.75, 3.05) is 13.2 Å². The van der Waals surface area contributed by atoms with Crippen LogP contribution in [0.15, 0.2) is 30.6 Å². The Labute approximate surface area is 130 Å². The van der Waals surface area contributed by atoms with Gasteiger partial charge in [-0.2, -0.15) is 5.10 Å². The molecule has 6 nitrogen and oxygen atoms in total. The van der Waals surface area contributed by atoms with Crippen LogP contribution < -0.4 is 5.32 Å². The molecular formula is C16H22N4O2. The van der Waals surface area contributed by atoms with E-state index in [9.17, 15) is 4.79 Å². The first-order chi connectivity index (χ1) is 10.6. The number of nitrogens with one attached hydrogen (secondary N) is 1. The van der Waals surface area contributed by atoms with Gasteiger partial charge in [0.15, 0.2) is 5.82 Å². The molecule has 0 saturated heterocycles. The lowest BCUT2D eigenvalue weighted by Crippen LogP contribution is -2.26. The number of rotatable bonds is 7. The van der Waals surface area contributed by atoms with Crippen LogP contribution in [0, 0.1) is 6.92 Å². The standard InChI is InChI=1S/C16H22N4O2/c1-12(2)22-10-6-9-18-16(21)14-11-19-20(13(14)3)15-7-4-5-8-17-15/h4-5,7-8,11-12H,6,9-10H2,1-3H3,(H,18,21). The zero-order chi connectivity index (χ0) is 15.9. The van der Waals surface area contributed by atoms with Crippen LogP contribution in [0.3, 0.4) is 0 Å². The number of nitrogens with zero attached hydrogens (tertiary/aromatic N) is 3. The second-order valence-corrected chi connectivity index (χ2v) is 5.27. The smallest absolute Gasteiger partial charge is 0.254 e. The third-order valence-corrected chi connectivity index (χ3v) is 3.18. The maximum absolute atomic E-state index is 12.2. The van der Waals surface area contributed by atoms with Crippen LogP contribution >= 0.6 is 0 Å². The van der Waals surface area contributed by atoms with Gasteiger partial charge in [0.2, 0.25) is 0 Å². The summed E-state index contributed by atoms with van der Waals surface area (Å²) >= 11 is 0. The summed E-state index contributed by atoms with van der Waals surface area (Å²) in [6.45, 7) is 7.07. The topological polar surface area (TPSA) is 69.0 Å². The maximum atomic E-state index is 12.2. The Hall–Kier alpha value is -2.21. The quantitative estimate of drug-likeness (QED) is 0.795. The zero-order valence-corrected chi connectivity index (χ0v) is 13.2. The lowest BCUT2D eigenvalue weighted by molar-refractivity contribution is 0.0757. The fourth-order valence-electron chi connectivity index (χ4n) is 2.03. The highest BCUT2D eigenvalue weighted by Gasteiger charge is 2.15. The first kappa shape index (κ1) is 16.2. The van der Waals surface area contributed by atoms with E-state index >= 15 is 0 Å². The average molecular weight is 302 g/mol. The van der Waals surface area contributed by atoms with Gasteiger partial charge in [-0.15, -0.1) is 0 Å². The van der Waals surface area contributed by atoms with Crippen molar-refractivity contribution in [3.05, 3.63) is 41.9 Å². The normalized spacial score (nSPS) is 10.9. The predicted octanol–water partition coefficient (Wildman–Crippen LogP) is 2.12. The molecule has 2 heterocycles. The van der Waals surface area contributed by atoms with Crippen LogP contribution in [0.2, 0.25) is 0 Å². The van der Waals surface area contributed by atoms with Crippen molar-refractivity contribution >= 4 is 5.91 Å². The van der Waals surface area contributed by atoms with Crippen LogP contribution in [0.5, 0.6) is 0 Å². The van der Waals surface area contributed by atoms with Crippen molar-refractivity contribution in [3.8, 4) is 5.82 Å². The number of ether oxygens (including phenoxy) is 1. The third-order valence-electron chi connectivity index (χ3n) is 3.18. The Morgan fingerprint density at radius 1 is 1.41 bits per heavy atom. The highest BCUT2D eigenvalue weighted by atomic mass is 16.5. The SMILES string of the molecule is Cc1c(C(=O)NCCCOC(C)C)cnn1-c1ccccn1. The number of hydrogen-bond acceptors (Lipinski definition) is 4. The number of carbonyl (C=O) groups is 1. The van der Waals surface area contributed by atoms with Crippen molar-refractivity contribution < 1.29 is 9.53 Å². The van der Waals surface area contributed by atoms with Gasteiger partial charge in [-0.3, -0.25) is 4.79 Å². The fraction of sp³-hybridized carbons (Fsp3) is 0.438. The Kier molecular flexibility index (Phi) is 5.66. The molecule has 22 heavy (non-hydrogen) atoms. The van der Waals surface area contributed by atoms with Crippen LogP contribution in [0.25, 0.3) is 5.82 Å². The molecule has 0 fully saturated rings. The zero-order valence-electron chi connectivity index (χ0n) is 13.2. The van der Waals surface area contributed by atoms with Crippen molar-refractivity contribution in [1.29, 1.82) is 0 Å². The molecule has 1 amide bonds. The van der Waals surface area contributed by atoms with Gasteiger partial charge in [-0.25, -0.2) is 9.67 Å². The van der Waals surface area contributed by atoms with E-state index in [0.29, 0.717) is 24.5 Å². The molecule has 0 aliphatic rings. The number of amides is 1. The number of hydrogen-bond donors (Lipinski definition) is 1. The van der Waals surface area contributed by atoms with E-state index in [1.165, 1.54) is 0 Å². The molecule has 2 aromatic heterocycles. The summed E-state index contributed by atoms with van der Waals surface area (Å²) in [7, 11) is 0. The Bertz CT molecular complexity index is 608. The van der Waals surface area contributed by atoms with E-state index in [1.54, 1.807) is 17.1 Å². The maximum Gasteiger partial charge on any atom is 0.254 e. The second kappa shape index (κ2) is 7.70. The largest absolute Gasteiger partial charge is 0.379 e. The summed E-state index contributed by atoms with van der Waals surface area (Å²) in [6, 6.07) is 5.58. The van der Waals surface area contributed by atoms with E-state index in [2.05, 4.69) is 15.4 Å². The van der Waals surface area contributed by atoms with Gasteiger partial charge < -0.3 is 10.1 Å². The molecule has 118 valence electrons. The molecule has 0 atom stereocenters. The van der Waals surface area contributed by atoms with Gasteiger partial charge >= 0.3 is 0 Å². The monoisotopic (exact) mass is 302 g/mol. The Morgan fingerprint density at radius 2 is 2.23 bits per heavy atom. The minimum absolute atomic E-state index is 0.121. The minimum Gasteiger partial charge on any atom is -0.379 e. The molecule has 0 saturated carbocycles. The van der Waals surface area contributed by atoms with Gasteiger partial charge in [0.25, 0.3) is 5.91 Å². The molecule has 2 rings (SSSR count). The van der Waals surface area contributed by atoms with E-state index in [4.69, 9.17) is 4.74 Å². The molecular weight excluding hydrogens is 280 g/mol. The number of aromatic nitrogens is 3. The second-order valence-electron chi connectivity index (χ2n) is 5.27. The van der Waals surface area contributed by atoms with Crippen LogP contribution in [-0.4, -0.2) is 39.9 Å². The molecule has 0 aliphatic heterocycles.